The number of carbonyl (C=O) groups is 1. The van der Waals surface area contributed by atoms with Crippen molar-refractivity contribution in [3.63, 3.8) is 0 Å². The van der Waals surface area contributed by atoms with Gasteiger partial charge in [-0.1, -0.05) is 0 Å². The topological polar surface area (TPSA) is 17.1 Å². The number of Topliss-reactive ketones (excluding diaryl/α,β-unsaturated/α-hetero) is 1. The van der Waals surface area contributed by atoms with Gasteiger partial charge in [0.05, 0.1) is 0 Å². The summed E-state index contributed by atoms with van der Waals surface area (Å²) in [6.45, 7) is 0. The van der Waals surface area contributed by atoms with Crippen molar-refractivity contribution in [2.24, 2.45) is 0 Å². The lowest BCUT2D eigenvalue weighted by Gasteiger charge is -2.03. The summed E-state index contributed by atoms with van der Waals surface area (Å²) in [6, 6.07) is 5.26. The third kappa shape index (κ3) is 2.93. The fraction of sp³-hybridized carbons (Fsp3) is 0.222. The molecule has 0 fully saturated rings. The van der Waals surface area contributed by atoms with Crippen LogP contribution in [-0.2, 0) is 0 Å². The van der Waals surface area contributed by atoms with Gasteiger partial charge >= 0.3 is 0 Å². The predicted molar refractivity (Wildman–Crippen MR) is 60.6 cm³/mol. The van der Waals surface area contributed by atoms with Gasteiger partial charge in [-0.3, -0.25) is 4.79 Å². The predicted octanol–water partition coefficient (Wildman–Crippen LogP) is 3.08. The van der Waals surface area contributed by atoms with Crippen LogP contribution in [0.25, 0.3) is 0 Å². The smallest absolute Gasteiger partial charge is 0.165 e. The Balaban J connectivity index is 2.99. The number of halogens is 1. The molecule has 1 aromatic carbocycles. The average Bonchev–Trinajstić information content (AvgIpc) is 2.09. The summed E-state index contributed by atoms with van der Waals surface area (Å²) in [5.74, 6) is 0.346. The van der Waals surface area contributed by atoms with Crippen molar-refractivity contribution in [1.29, 1.82) is 0 Å². The molecular weight excluding hydrogens is 224 g/mol. The minimum Gasteiger partial charge on any atom is -0.294 e. The molecule has 0 aromatic heterocycles. The average molecular weight is 233 g/mol. The molecule has 0 spiro atoms. The summed E-state index contributed by atoms with van der Waals surface area (Å²) in [5.41, 5.74) is 0.594. The lowest BCUT2D eigenvalue weighted by atomic mass is 10.1. The summed E-state index contributed by atoms with van der Waals surface area (Å²) >= 11 is 13.8. The molecule has 0 amide bonds. The van der Waals surface area contributed by atoms with Gasteiger partial charge in [0.2, 0.25) is 0 Å². The molecule has 0 heterocycles. The number of hydrogen-bond acceptors (Lipinski definition) is 3. The molecule has 0 bridgehead atoms. The third-order valence-electron chi connectivity index (χ3n) is 1.60. The van der Waals surface area contributed by atoms with E-state index in [0.717, 1.165) is 4.90 Å². The van der Waals surface area contributed by atoms with Crippen LogP contribution in [0.3, 0.4) is 0 Å². The number of thiol groups is 2. The van der Waals surface area contributed by atoms with Crippen molar-refractivity contribution in [2.75, 3.05) is 5.88 Å². The van der Waals surface area contributed by atoms with Gasteiger partial charge in [0.1, 0.15) is 0 Å². The molecule has 1 aromatic rings. The Labute approximate surface area is 93.3 Å². The molecule has 1 rings (SSSR count). The van der Waals surface area contributed by atoms with E-state index < -0.39 is 0 Å². The molecule has 0 aliphatic rings. The molecule has 0 saturated carbocycles. The monoisotopic (exact) mass is 232 g/mol. The van der Waals surface area contributed by atoms with Crippen LogP contribution in [0.1, 0.15) is 16.8 Å². The van der Waals surface area contributed by atoms with Gasteiger partial charge in [0, 0.05) is 27.7 Å². The molecule has 0 saturated heterocycles. The quantitative estimate of drug-likeness (QED) is 0.465. The lowest BCUT2D eigenvalue weighted by Crippen LogP contribution is -2.00. The number of carbonyl (C=O) groups excluding carboxylic acids is 1. The molecule has 70 valence electrons. The standard InChI is InChI=1S/C9H9ClOS2/c10-4-3-8(11)7-5-6(12)1-2-9(7)13/h1-2,5,12-13H,3-4H2. The summed E-state index contributed by atoms with van der Waals surface area (Å²) < 4.78 is 0. The van der Waals surface area contributed by atoms with E-state index >= 15 is 0 Å². The van der Waals surface area contributed by atoms with Crippen LogP contribution in [0.4, 0.5) is 0 Å². The molecule has 0 atom stereocenters. The van der Waals surface area contributed by atoms with E-state index in [4.69, 9.17) is 11.6 Å². The van der Waals surface area contributed by atoms with E-state index in [1.165, 1.54) is 0 Å². The fourth-order valence-electron chi connectivity index (χ4n) is 0.968. The van der Waals surface area contributed by atoms with Crippen molar-refractivity contribution in [2.45, 2.75) is 16.2 Å². The zero-order chi connectivity index (χ0) is 9.84. The summed E-state index contributed by atoms with van der Waals surface area (Å²) in [6.07, 6.45) is 0.340. The Kier molecular flexibility index (Phi) is 4.16. The maximum atomic E-state index is 11.5. The van der Waals surface area contributed by atoms with Crippen molar-refractivity contribution in [3.8, 4) is 0 Å². The summed E-state index contributed by atoms with van der Waals surface area (Å²) in [4.78, 5) is 12.9. The second-order valence-corrected chi connectivity index (χ2v) is 3.94. The van der Waals surface area contributed by atoms with Crippen molar-refractivity contribution >= 4 is 42.6 Å². The van der Waals surface area contributed by atoms with Gasteiger partial charge in [-0.25, -0.2) is 0 Å². The van der Waals surface area contributed by atoms with Gasteiger partial charge in [-0.2, -0.15) is 0 Å². The van der Waals surface area contributed by atoms with E-state index in [1.807, 2.05) is 0 Å². The number of ketones is 1. The maximum absolute atomic E-state index is 11.5. The van der Waals surface area contributed by atoms with Gasteiger partial charge in [0.15, 0.2) is 5.78 Å². The molecule has 0 N–H and O–H groups in total. The van der Waals surface area contributed by atoms with E-state index in [9.17, 15) is 4.79 Å². The molecule has 0 aliphatic heterocycles. The summed E-state index contributed by atoms with van der Waals surface area (Å²) in [7, 11) is 0. The van der Waals surface area contributed by atoms with Crippen molar-refractivity contribution in [1.82, 2.24) is 0 Å². The third-order valence-corrected chi connectivity index (χ3v) is 2.46. The van der Waals surface area contributed by atoms with Crippen LogP contribution in [0.5, 0.6) is 0 Å². The lowest BCUT2D eigenvalue weighted by molar-refractivity contribution is 0.0986. The van der Waals surface area contributed by atoms with Crippen LogP contribution in [0.2, 0.25) is 0 Å². The molecule has 0 aliphatic carbocycles. The zero-order valence-corrected chi connectivity index (χ0v) is 9.37. The molecule has 0 radical (unpaired) electrons. The molecule has 13 heavy (non-hydrogen) atoms. The normalized spacial score (nSPS) is 10.1. The highest BCUT2D eigenvalue weighted by molar-refractivity contribution is 7.80. The Morgan fingerprint density at radius 3 is 2.69 bits per heavy atom. The molecule has 1 nitrogen and oxygen atoms in total. The first kappa shape index (κ1) is 11.0. The van der Waals surface area contributed by atoms with Crippen LogP contribution in [0.15, 0.2) is 28.0 Å². The highest BCUT2D eigenvalue weighted by Crippen LogP contribution is 2.19. The Morgan fingerprint density at radius 2 is 2.08 bits per heavy atom. The van der Waals surface area contributed by atoms with Gasteiger partial charge in [-0.15, -0.1) is 36.9 Å². The van der Waals surface area contributed by atoms with Crippen LogP contribution >= 0.6 is 36.9 Å². The first-order chi connectivity index (χ1) is 6.15. The van der Waals surface area contributed by atoms with Crippen LogP contribution in [0, 0.1) is 0 Å². The SMILES string of the molecule is O=C(CCCl)c1cc(S)ccc1S. The number of rotatable bonds is 3. The first-order valence-electron chi connectivity index (χ1n) is 3.76. The Hall–Kier alpha value is -0.120. The second-order valence-electron chi connectivity index (χ2n) is 2.56. The van der Waals surface area contributed by atoms with Gasteiger partial charge in [-0.05, 0) is 18.2 Å². The maximum Gasteiger partial charge on any atom is 0.165 e. The van der Waals surface area contributed by atoms with Gasteiger partial charge in [0.25, 0.3) is 0 Å². The van der Waals surface area contributed by atoms with Crippen LogP contribution < -0.4 is 0 Å². The molecular formula is C9H9ClOS2. The molecule has 4 heteroatoms. The zero-order valence-electron chi connectivity index (χ0n) is 6.83. The van der Waals surface area contributed by atoms with E-state index in [1.54, 1.807) is 18.2 Å². The van der Waals surface area contributed by atoms with Crippen molar-refractivity contribution < 1.29 is 4.79 Å². The number of benzene rings is 1. The van der Waals surface area contributed by atoms with Crippen molar-refractivity contribution in [3.05, 3.63) is 23.8 Å². The number of alkyl halides is 1. The first-order valence-corrected chi connectivity index (χ1v) is 5.19. The highest BCUT2D eigenvalue weighted by atomic mass is 35.5. The van der Waals surface area contributed by atoms with E-state index in [0.29, 0.717) is 22.8 Å². The fourth-order valence-corrected chi connectivity index (χ4v) is 1.61. The minimum atomic E-state index is 0.0101. The Morgan fingerprint density at radius 1 is 1.38 bits per heavy atom. The summed E-state index contributed by atoms with van der Waals surface area (Å²) in [5, 5.41) is 0. The van der Waals surface area contributed by atoms with Crippen LogP contribution in [-0.4, -0.2) is 11.7 Å². The number of hydrogen-bond donors (Lipinski definition) is 2. The van der Waals surface area contributed by atoms with Gasteiger partial charge < -0.3 is 0 Å². The van der Waals surface area contributed by atoms with E-state index in [2.05, 4.69) is 25.3 Å². The highest BCUT2D eigenvalue weighted by Gasteiger charge is 2.08. The molecule has 0 unspecified atom stereocenters. The largest absolute Gasteiger partial charge is 0.294 e. The van der Waals surface area contributed by atoms with E-state index in [-0.39, 0.29) is 5.78 Å². The second kappa shape index (κ2) is 4.94. The minimum absolute atomic E-state index is 0.0101. The Bertz CT molecular complexity index is 325.